The molecular formula is C35H41N5O6. The van der Waals surface area contributed by atoms with Gasteiger partial charge in [-0.2, -0.15) is 0 Å². The molecule has 46 heavy (non-hydrogen) atoms. The first-order valence-corrected chi connectivity index (χ1v) is 15.7. The van der Waals surface area contributed by atoms with Crippen molar-refractivity contribution in [3.63, 3.8) is 0 Å². The highest BCUT2D eigenvalue weighted by Gasteiger charge is 2.54. The molecule has 1 aliphatic carbocycles. The van der Waals surface area contributed by atoms with Crippen molar-refractivity contribution in [3.05, 3.63) is 105 Å². The maximum Gasteiger partial charge on any atom is 0.252 e. The summed E-state index contributed by atoms with van der Waals surface area (Å²) in [5.74, 6) is 1.15. The fourth-order valence-corrected chi connectivity index (χ4v) is 6.15. The van der Waals surface area contributed by atoms with E-state index >= 15 is 0 Å². The lowest BCUT2D eigenvalue weighted by molar-refractivity contribution is -0.130. The van der Waals surface area contributed by atoms with Crippen molar-refractivity contribution in [2.75, 3.05) is 26.9 Å². The normalized spacial score (nSPS) is 20.2. The molecule has 5 rings (SSSR count). The number of nitrogens with one attached hydrogen (secondary N) is 1. The van der Waals surface area contributed by atoms with E-state index < -0.39 is 17.2 Å². The van der Waals surface area contributed by atoms with Crippen molar-refractivity contribution < 1.29 is 29.2 Å². The van der Waals surface area contributed by atoms with Gasteiger partial charge in [-0.15, -0.1) is 0 Å². The van der Waals surface area contributed by atoms with E-state index in [9.17, 15) is 9.90 Å². The number of ether oxygens (including phenoxy) is 3. The molecule has 242 valence electrons. The number of aliphatic hydroxyl groups excluding tert-OH is 1. The van der Waals surface area contributed by atoms with Crippen LogP contribution < -0.4 is 14.8 Å². The summed E-state index contributed by atoms with van der Waals surface area (Å²) >= 11 is 0. The molecule has 1 heterocycles. The summed E-state index contributed by atoms with van der Waals surface area (Å²) in [7, 11) is 1.58. The summed E-state index contributed by atoms with van der Waals surface area (Å²) in [4.78, 5) is 22.7. The van der Waals surface area contributed by atoms with Gasteiger partial charge in [0.2, 0.25) is 5.90 Å². The van der Waals surface area contributed by atoms with Crippen LogP contribution in [0, 0.1) is 0 Å². The smallest absolute Gasteiger partial charge is 0.252 e. The number of methoxy groups -OCH3 is 1. The fourth-order valence-electron chi connectivity index (χ4n) is 6.15. The number of nitrogens with zero attached hydrogens (tertiary/aromatic N) is 4. The second-order valence-corrected chi connectivity index (χ2v) is 11.9. The fraction of sp³-hybridized carbons (Fsp3) is 0.429. The Hall–Kier alpha value is -4.57. The zero-order valence-electron chi connectivity index (χ0n) is 26.1. The summed E-state index contributed by atoms with van der Waals surface area (Å²) in [5, 5.41) is 27.2. The van der Waals surface area contributed by atoms with Gasteiger partial charge in [0.25, 0.3) is 5.91 Å². The lowest BCUT2D eigenvalue weighted by Crippen LogP contribution is -2.54. The van der Waals surface area contributed by atoms with Gasteiger partial charge in [-0.1, -0.05) is 60.8 Å². The molecule has 11 heteroatoms. The third-order valence-corrected chi connectivity index (χ3v) is 8.67. The van der Waals surface area contributed by atoms with Gasteiger partial charge >= 0.3 is 0 Å². The molecule has 1 saturated carbocycles. The van der Waals surface area contributed by atoms with Crippen molar-refractivity contribution in [3.8, 4) is 11.5 Å². The Balaban J connectivity index is 1.59. The van der Waals surface area contributed by atoms with Crippen LogP contribution in [0.1, 0.15) is 66.9 Å². The van der Waals surface area contributed by atoms with Crippen LogP contribution in [0.2, 0.25) is 0 Å². The number of amides is 1. The molecular weight excluding hydrogens is 586 g/mol. The Labute approximate surface area is 268 Å². The topological polar surface area (TPSA) is 158 Å². The number of carbonyl (C=O) groups excluding carboxylic acids is 1. The molecule has 1 amide bonds. The van der Waals surface area contributed by atoms with Crippen LogP contribution in [0.5, 0.6) is 11.5 Å². The number of benzene rings is 3. The minimum Gasteiger partial charge on any atom is -0.497 e. The standard InChI is InChI=1S/C35H41N5O6/c1-44-30-12-7-11-26(21-30)31-35(22-27-9-3-4-10-28(27)23-38-40-36,33(42)37-24-34(43)17-5-2-6-18-34)39-32(46-31)25-13-15-29(16-14-25)45-20-8-19-41/h3-4,7,9-16,21,31,41,43H,2,5-6,8,17-20,22-24H2,1H3,(H,37,42)/t31-,35-/m1/s1. The van der Waals surface area contributed by atoms with Gasteiger partial charge in [-0.3, -0.25) is 4.79 Å². The Morgan fingerprint density at radius 2 is 1.83 bits per heavy atom. The highest BCUT2D eigenvalue weighted by atomic mass is 16.5. The minimum absolute atomic E-state index is 0.0436. The highest BCUT2D eigenvalue weighted by Crippen LogP contribution is 2.44. The van der Waals surface area contributed by atoms with Gasteiger partial charge in [0.05, 0.1) is 25.9 Å². The van der Waals surface area contributed by atoms with E-state index in [1.165, 1.54) is 0 Å². The molecule has 0 aromatic heterocycles. The molecule has 0 spiro atoms. The van der Waals surface area contributed by atoms with Gasteiger partial charge < -0.3 is 29.7 Å². The first-order chi connectivity index (χ1) is 22.4. The average Bonchev–Trinajstić information content (AvgIpc) is 3.48. The van der Waals surface area contributed by atoms with Crippen molar-refractivity contribution in [1.29, 1.82) is 0 Å². The molecule has 1 aliphatic heterocycles. The molecule has 0 unspecified atom stereocenters. The van der Waals surface area contributed by atoms with E-state index in [1.54, 1.807) is 19.2 Å². The van der Waals surface area contributed by atoms with E-state index in [-0.39, 0.29) is 37.9 Å². The molecule has 2 atom stereocenters. The summed E-state index contributed by atoms with van der Waals surface area (Å²) in [6.45, 7) is 0.644. The van der Waals surface area contributed by atoms with Crippen molar-refractivity contribution >= 4 is 11.8 Å². The van der Waals surface area contributed by atoms with Crippen LogP contribution in [-0.4, -0.2) is 60.0 Å². The summed E-state index contributed by atoms with van der Waals surface area (Å²) in [6.07, 6.45) is 3.91. The Morgan fingerprint density at radius 1 is 1.07 bits per heavy atom. The lowest BCUT2D eigenvalue weighted by atomic mass is 9.80. The third-order valence-electron chi connectivity index (χ3n) is 8.67. The molecule has 3 aromatic rings. The number of rotatable bonds is 14. The summed E-state index contributed by atoms with van der Waals surface area (Å²) in [5.41, 5.74) is 9.47. The molecule has 2 aliphatic rings. The van der Waals surface area contributed by atoms with Crippen LogP contribution in [-0.2, 0) is 22.5 Å². The highest BCUT2D eigenvalue weighted by molar-refractivity contribution is 6.01. The van der Waals surface area contributed by atoms with Gasteiger partial charge in [-0.25, -0.2) is 4.99 Å². The number of hydrogen-bond acceptors (Lipinski definition) is 8. The van der Waals surface area contributed by atoms with E-state index in [2.05, 4.69) is 15.3 Å². The number of hydrogen-bond donors (Lipinski definition) is 3. The molecule has 0 saturated heterocycles. The maximum absolute atomic E-state index is 14.6. The number of carbonyl (C=O) groups is 1. The third kappa shape index (κ3) is 7.62. The number of aliphatic imine (C=N–C) groups is 1. The molecule has 11 nitrogen and oxygen atoms in total. The van der Waals surface area contributed by atoms with E-state index in [4.69, 9.17) is 29.8 Å². The number of azide groups is 1. The maximum atomic E-state index is 14.6. The molecule has 3 N–H and O–H groups in total. The monoisotopic (exact) mass is 627 g/mol. The van der Waals surface area contributed by atoms with Crippen LogP contribution in [0.4, 0.5) is 0 Å². The van der Waals surface area contributed by atoms with Gasteiger partial charge in [0.15, 0.2) is 11.6 Å². The SMILES string of the molecule is COc1cccc([C@H]2OC(c3ccc(OCCCO)cc3)=N[C@@]2(Cc2ccccc2CN=[N+]=[N-])C(=O)NCC2(O)CCCCC2)c1. The predicted molar refractivity (Wildman–Crippen MR) is 174 cm³/mol. The van der Waals surface area contributed by atoms with E-state index in [0.717, 1.165) is 30.4 Å². The van der Waals surface area contributed by atoms with Crippen LogP contribution in [0.15, 0.2) is 82.9 Å². The van der Waals surface area contributed by atoms with Crippen LogP contribution in [0.3, 0.4) is 0 Å². The quantitative estimate of drug-likeness (QED) is 0.0916. The molecule has 3 aromatic carbocycles. The molecule has 1 fully saturated rings. The first kappa shape index (κ1) is 32.8. The van der Waals surface area contributed by atoms with Gasteiger partial charge in [0, 0.05) is 36.5 Å². The molecule has 0 bridgehead atoms. The average molecular weight is 628 g/mol. The van der Waals surface area contributed by atoms with Crippen molar-refractivity contribution in [1.82, 2.24) is 5.32 Å². The second kappa shape index (κ2) is 15.1. The predicted octanol–water partition coefficient (Wildman–Crippen LogP) is 5.58. The van der Waals surface area contributed by atoms with E-state index in [1.807, 2.05) is 60.7 Å². The van der Waals surface area contributed by atoms with E-state index in [0.29, 0.717) is 48.5 Å². The zero-order valence-corrected chi connectivity index (χ0v) is 26.1. The summed E-state index contributed by atoms with van der Waals surface area (Å²) in [6, 6.07) is 22.1. The van der Waals surface area contributed by atoms with Gasteiger partial charge in [-0.05, 0) is 71.5 Å². The Kier molecular flexibility index (Phi) is 10.8. The number of aliphatic hydroxyl groups is 2. The molecule has 0 radical (unpaired) electrons. The minimum atomic E-state index is -1.49. The van der Waals surface area contributed by atoms with Crippen LogP contribution >= 0.6 is 0 Å². The largest absolute Gasteiger partial charge is 0.497 e. The summed E-state index contributed by atoms with van der Waals surface area (Å²) < 4.78 is 17.9. The second-order valence-electron chi connectivity index (χ2n) is 11.9. The van der Waals surface area contributed by atoms with Crippen molar-refractivity contribution in [2.24, 2.45) is 10.1 Å². The first-order valence-electron chi connectivity index (χ1n) is 15.7. The lowest BCUT2D eigenvalue weighted by Gasteiger charge is -2.35. The zero-order chi connectivity index (χ0) is 32.4. The van der Waals surface area contributed by atoms with Crippen LogP contribution in [0.25, 0.3) is 10.4 Å². The van der Waals surface area contributed by atoms with Crippen molar-refractivity contribution in [2.45, 2.75) is 68.7 Å². The Morgan fingerprint density at radius 3 is 2.54 bits per heavy atom. The van der Waals surface area contributed by atoms with Gasteiger partial charge in [0.1, 0.15) is 11.5 Å². The Bertz CT molecular complexity index is 1570.